The van der Waals surface area contributed by atoms with Gasteiger partial charge in [0.1, 0.15) is 5.75 Å². The van der Waals surface area contributed by atoms with Crippen LogP contribution in [0, 0.1) is 0 Å². The number of nitrogens with zero attached hydrogens (tertiary/aromatic N) is 1. The number of phenols is 1. The molecule has 0 aliphatic rings. The number of hydrogen-bond acceptors (Lipinski definition) is 3. The Hall–Kier alpha value is -1.26. The summed E-state index contributed by atoms with van der Waals surface area (Å²) in [5.41, 5.74) is 5.74. The number of benzene rings is 1. The van der Waals surface area contributed by atoms with Crippen molar-refractivity contribution < 1.29 is 9.90 Å². The molecule has 0 heterocycles. The molecule has 0 spiro atoms. The van der Waals surface area contributed by atoms with Crippen LogP contribution in [0.15, 0.2) is 18.2 Å². The number of nitrogens with two attached hydrogens (primary N) is 1. The fraction of sp³-hybridized carbons (Fsp3) is 0.417. The van der Waals surface area contributed by atoms with Gasteiger partial charge in [0.05, 0.1) is 10.6 Å². The van der Waals surface area contributed by atoms with Crippen LogP contribution in [0.25, 0.3) is 0 Å². The van der Waals surface area contributed by atoms with E-state index in [4.69, 9.17) is 17.3 Å². The summed E-state index contributed by atoms with van der Waals surface area (Å²) in [4.78, 5) is 13.8. The normalized spacial score (nSPS) is 10.3. The predicted octanol–water partition coefficient (Wildman–Crippen LogP) is 1.86. The molecule has 0 radical (unpaired) electrons. The van der Waals surface area contributed by atoms with Crippen molar-refractivity contribution in [1.29, 1.82) is 0 Å². The zero-order chi connectivity index (χ0) is 12.8. The van der Waals surface area contributed by atoms with Crippen LogP contribution in [0.4, 0.5) is 0 Å². The zero-order valence-electron chi connectivity index (χ0n) is 9.82. The van der Waals surface area contributed by atoms with E-state index in [1.807, 2.05) is 6.92 Å². The van der Waals surface area contributed by atoms with Crippen LogP contribution < -0.4 is 5.73 Å². The van der Waals surface area contributed by atoms with Crippen molar-refractivity contribution in [2.45, 2.75) is 13.3 Å². The number of halogens is 1. The van der Waals surface area contributed by atoms with Gasteiger partial charge in [-0.3, -0.25) is 4.79 Å². The van der Waals surface area contributed by atoms with Crippen molar-refractivity contribution in [3.05, 3.63) is 28.8 Å². The maximum atomic E-state index is 12.1. The van der Waals surface area contributed by atoms with E-state index in [9.17, 15) is 9.90 Å². The van der Waals surface area contributed by atoms with E-state index in [2.05, 4.69) is 0 Å². The fourth-order valence-electron chi connectivity index (χ4n) is 1.53. The quantitative estimate of drug-likeness (QED) is 0.845. The minimum atomic E-state index is -0.179. The average Bonchev–Trinajstić information content (AvgIpc) is 2.33. The molecule has 0 atom stereocenters. The van der Waals surface area contributed by atoms with E-state index in [-0.39, 0.29) is 11.7 Å². The molecule has 0 fully saturated rings. The summed E-state index contributed by atoms with van der Waals surface area (Å²) in [5.74, 6) is -0.144. The molecule has 0 bridgehead atoms. The predicted molar refractivity (Wildman–Crippen MR) is 68.4 cm³/mol. The standard InChI is InChI=1S/C12H17ClN2O2/c1-2-15(7-3-6-14)12(17)10-8-9(16)4-5-11(10)13/h4-5,8,16H,2-3,6-7,14H2,1H3. The summed E-state index contributed by atoms with van der Waals surface area (Å²) in [7, 11) is 0. The van der Waals surface area contributed by atoms with Gasteiger partial charge in [0.15, 0.2) is 0 Å². The van der Waals surface area contributed by atoms with Crippen LogP contribution in [0.5, 0.6) is 5.75 Å². The highest BCUT2D eigenvalue weighted by Crippen LogP contribution is 2.22. The van der Waals surface area contributed by atoms with Crippen molar-refractivity contribution in [2.75, 3.05) is 19.6 Å². The Morgan fingerprint density at radius 1 is 1.53 bits per heavy atom. The van der Waals surface area contributed by atoms with Gasteiger partial charge < -0.3 is 15.7 Å². The number of carbonyl (C=O) groups is 1. The highest BCUT2D eigenvalue weighted by atomic mass is 35.5. The van der Waals surface area contributed by atoms with E-state index in [0.29, 0.717) is 30.2 Å². The van der Waals surface area contributed by atoms with Crippen LogP contribution in [0.3, 0.4) is 0 Å². The number of carbonyl (C=O) groups excluding carboxylic acids is 1. The van der Waals surface area contributed by atoms with E-state index >= 15 is 0 Å². The molecule has 0 aliphatic heterocycles. The molecular weight excluding hydrogens is 240 g/mol. The second-order valence-corrected chi connectivity index (χ2v) is 4.10. The highest BCUT2D eigenvalue weighted by molar-refractivity contribution is 6.33. The maximum Gasteiger partial charge on any atom is 0.255 e. The summed E-state index contributed by atoms with van der Waals surface area (Å²) in [6.07, 6.45) is 0.746. The molecule has 0 aliphatic carbocycles. The third-order valence-corrected chi connectivity index (χ3v) is 2.81. The summed E-state index contributed by atoms with van der Waals surface area (Å²) in [6, 6.07) is 4.35. The molecule has 1 rings (SSSR count). The van der Waals surface area contributed by atoms with Gasteiger partial charge in [0.25, 0.3) is 5.91 Å². The second-order valence-electron chi connectivity index (χ2n) is 3.69. The molecule has 1 amide bonds. The van der Waals surface area contributed by atoms with Gasteiger partial charge in [-0.05, 0) is 38.1 Å². The van der Waals surface area contributed by atoms with E-state index in [1.165, 1.54) is 18.2 Å². The summed E-state index contributed by atoms with van der Waals surface area (Å²) >= 11 is 5.94. The lowest BCUT2D eigenvalue weighted by Crippen LogP contribution is -2.32. The third-order valence-electron chi connectivity index (χ3n) is 2.48. The monoisotopic (exact) mass is 256 g/mol. The minimum Gasteiger partial charge on any atom is -0.508 e. The van der Waals surface area contributed by atoms with Crippen molar-refractivity contribution in [3.63, 3.8) is 0 Å². The molecular formula is C12H17ClN2O2. The molecule has 0 saturated carbocycles. The number of hydrogen-bond donors (Lipinski definition) is 2. The highest BCUT2D eigenvalue weighted by Gasteiger charge is 2.17. The fourth-order valence-corrected chi connectivity index (χ4v) is 1.73. The van der Waals surface area contributed by atoms with Crippen LogP contribution >= 0.6 is 11.6 Å². The Morgan fingerprint density at radius 2 is 2.24 bits per heavy atom. The first-order valence-electron chi connectivity index (χ1n) is 5.58. The molecule has 94 valence electrons. The number of phenolic OH excluding ortho intramolecular Hbond substituents is 1. The Bertz CT molecular complexity index is 396. The van der Waals surface area contributed by atoms with Crippen LogP contribution in [-0.2, 0) is 0 Å². The van der Waals surface area contributed by atoms with E-state index in [1.54, 1.807) is 4.90 Å². The van der Waals surface area contributed by atoms with Gasteiger partial charge in [0.2, 0.25) is 0 Å². The molecule has 5 heteroatoms. The molecule has 17 heavy (non-hydrogen) atoms. The third kappa shape index (κ3) is 3.61. The van der Waals surface area contributed by atoms with Crippen molar-refractivity contribution in [1.82, 2.24) is 4.90 Å². The Balaban J connectivity index is 2.89. The number of rotatable bonds is 5. The first-order valence-corrected chi connectivity index (χ1v) is 5.95. The summed E-state index contributed by atoms with van der Waals surface area (Å²) in [5, 5.41) is 9.71. The lowest BCUT2D eigenvalue weighted by molar-refractivity contribution is 0.0763. The minimum absolute atomic E-state index is 0.0348. The maximum absolute atomic E-state index is 12.1. The molecule has 0 aromatic heterocycles. The second kappa shape index (κ2) is 6.47. The van der Waals surface area contributed by atoms with E-state index < -0.39 is 0 Å². The number of aromatic hydroxyl groups is 1. The average molecular weight is 257 g/mol. The first kappa shape index (κ1) is 13.8. The topological polar surface area (TPSA) is 66.6 Å². The van der Waals surface area contributed by atoms with Crippen molar-refractivity contribution in [2.24, 2.45) is 5.73 Å². The Kier molecular flexibility index (Phi) is 5.25. The molecule has 1 aromatic rings. The lowest BCUT2D eigenvalue weighted by atomic mass is 10.2. The van der Waals surface area contributed by atoms with Gasteiger partial charge in [-0.15, -0.1) is 0 Å². The smallest absolute Gasteiger partial charge is 0.255 e. The van der Waals surface area contributed by atoms with Gasteiger partial charge in [0, 0.05) is 13.1 Å². The largest absolute Gasteiger partial charge is 0.508 e. The summed E-state index contributed by atoms with van der Waals surface area (Å²) in [6.45, 7) is 3.62. The SMILES string of the molecule is CCN(CCCN)C(=O)c1cc(O)ccc1Cl. The van der Waals surface area contributed by atoms with Gasteiger partial charge >= 0.3 is 0 Å². The Morgan fingerprint density at radius 3 is 2.82 bits per heavy atom. The van der Waals surface area contributed by atoms with Crippen LogP contribution in [0.1, 0.15) is 23.7 Å². The lowest BCUT2D eigenvalue weighted by Gasteiger charge is -2.21. The molecule has 4 nitrogen and oxygen atoms in total. The molecule has 0 unspecified atom stereocenters. The number of amides is 1. The van der Waals surface area contributed by atoms with Gasteiger partial charge in [-0.25, -0.2) is 0 Å². The first-order chi connectivity index (χ1) is 8.10. The van der Waals surface area contributed by atoms with Gasteiger partial charge in [-0.2, -0.15) is 0 Å². The van der Waals surface area contributed by atoms with E-state index in [0.717, 1.165) is 6.42 Å². The van der Waals surface area contributed by atoms with Crippen LogP contribution in [-0.4, -0.2) is 35.5 Å². The van der Waals surface area contributed by atoms with Crippen molar-refractivity contribution in [3.8, 4) is 5.75 Å². The van der Waals surface area contributed by atoms with Crippen LogP contribution in [0.2, 0.25) is 5.02 Å². The molecule has 3 N–H and O–H groups in total. The molecule has 0 saturated heterocycles. The zero-order valence-corrected chi connectivity index (χ0v) is 10.6. The molecule has 1 aromatic carbocycles. The van der Waals surface area contributed by atoms with Gasteiger partial charge in [-0.1, -0.05) is 11.6 Å². The van der Waals surface area contributed by atoms with Crippen molar-refractivity contribution >= 4 is 17.5 Å². The Labute approximate surface area is 106 Å². The summed E-state index contributed by atoms with van der Waals surface area (Å²) < 4.78 is 0.